The SMILES string of the molecule is CCCC(C)C1(C)C=CC(N)=C(N)C=C1. The molecular weight excluding hydrogens is 184 g/mol. The highest BCUT2D eigenvalue weighted by molar-refractivity contribution is 5.35. The second-order valence-electron chi connectivity index (χ2n) is 4.63. The largest absolute Gasteiger partial charge is 0.397 e. The molecule has 0 radical (unpaired) electrons. The lowest BCUT2D eigenvalue weighted by Crippen LogP contribution is -2.20. The van der Waals surface area contributed by atoms with E-state index in [0.29, 0.717) is 17.3 Å². The molecule has 0 aromatic carbocycles. The van der Waals surface area contributed by atoms with E-state index in [9.17, 15) is 0 Å². The number of hydrogen-bond acceptors (Lipinski definition) is 2. The Balaban J connectivity index is 2.90. The molecule has 1 aliphatic rings. The van der Waals surface area contributed by atoms with Gasteiger partial charge in [-0.25, -0.2) is 0 Å². The first-order valence-corrected chi connectivity index (χ1v) is 5.63. The highest BCUT2D eigenvalue weighted by Crippen LogP contribution is 2.35. The van der Waals surface area contributed by atoms with Crippen molar-refractivity contribution in [3.05, 3.63) is 35.7 Å². The summed E-state index contributed by atoms with van der Waals surface area (Å²) in [6.45, 7) is 6.72. The molecule has 1 atom stereocenters. The highest BCUT2D eigenvalue weighted by Gasteiger charge is 2.25. The second-order valence-corrected chi connectivity index (χ2v) is 4.63. The van der Waals surface area contributed by atoms with E-state index in [1.165, 1.54) is 12.8 Å². The van der Waals surface area contributed by atoms with Gasteiger partial charge in [0, 0.05) is 5.41 Å². The van der Waals surface area contributed by atoms with Crippen LogP contribution in [0, 0.1) is 11.3 Å². The van der Waals surface area contributed by atoms with Crippen LogP contribution in [0.2, 0.25) is 0 Å². The van der Waals surface area contributed by atoms with E-state index in [1.54, 1.807) is 0 Å². The quantitative estimate of drug-likeness (QED) is 0.746. The summed E-state index contributed by atoms with van der Waals surface area (Å²) in [5.74, 6) is 0.605. The van der Waals surface area contributed by atoms with Crippen molar-refractivity contribution in [2.24, 2.45) is 22.8 Å². The van der Waals surface area contributed by atoms with Crippen LogP contribution in [-0.2, 0) is 0 Å². The van der Waals surface area contributed by atoms with E-state index in [-0.39, 0.29) is 5.41 Å². The van der Waals surface area contributed by atoms with Crippen molar-refractivity contribution in [2.75, 3.05) is 0 Å². The zero-order chi connectivity index (χ0) is 11.5. The van der Waals surface area contributed by atoms with E-state index in [1.807, 2.05) is 12.2 Å². The van der Waals surface area contributed by atoms with Gasteiger partial charge in [-0.2, -0.15) is 0 Å². The molecule has 0 heterocycles. The summed E-state index contributed by atoms with van der Waals surface area (Å²) in [5.41, 5.74) is 13.0. The van der Waals surface area contributed by atoms with Crippen LogP contribution in [0.1, 0.15) is 33.6 Å². The van der Waals surface area contributed by atoms with Gasteiger partial charge >= 0.3 is 0 Å². The summed E-state index contributed by atoms with van der Waals surface area (Å²) in [4.78, 5) is 0. The third kappa shape index (κ3) is 2.65. The molecule has 0 aromatic rings. The van der Waals surface area contributed by atoms with Gasteiger partial charge in [0.25, 0.3) is 0 Å². The van der Waals surface area contributed by atoms with Gasteiger partial charge in [-0.05, 0) is 24.5 Å². The van der Waals surface area contributed by atoms with Crippen LogP contribution >= 0.6 is 0 Å². The normalized spacial score (nSPS) is 21.5. The highest BCUT2D eigenvalue weighted by atomic mass is 14.7. The Morgan fingerprint density at radius 1 is 1.20 bits per heavy atom. The molecule has 0 spiro atoms. The van der Waals surface area contributed by atoms with Crippen molar-refractivity contribution in [2.45, 2.75) is 33.6 Å². The number of allylic oxidation sites excluding steroid dienone is 4. The summed E-state index contributed by atoms with van der Waals surface area (Å²) in [6, 6.07) is 0. The minimum absolute atomic E-state index is 0.0712. The van der Waals surface area contributed by atoms with E-state index in [2.05, 4.69) is 32.9 Å². The average Bonchev–Trinajstić information content (AvgIpc) is 2.33. The fraction of sp³-hybridized carbons (Fsp3) is 0.538. The van der Waals surface area contributed by atoms with Gasteiger partial charge in [0.2, 0.25) is 0 Å². The molecule has 84 valence electrons. The average molecular weight is 206 g/mol. The molecule has 0 amide bonds. The third-order valence-electron chi connectivity index (χ3n) is 3.36. The Morgan fingerprint density at radius 3 is 2.07 bits per heavy atom. The molecule has 2 nitrogen and oxygen atoms in total. The lowest BCUT2D eigenvalue weighted by Gasteiger charge is -2.29. The van der Waals surface area contributed by atoms with E-state index >= 15 is 0 Å². The Labute approximate surface area is 92.7 Å². The van der Waals surface area contributed by atoms with Gasteiger partial charge in [0.05, 0.1) is 11.4 Å². The molecule has 2 heteroatoms. The first-order chi connectivity index (χ1) is 6.99. The molecule has 0 aromatic heterocycles. The Morgan fingerprint density at radius 2 is 1.67 bits per heavy atom. The Kier molecular flexibility index (Phi) is 3.61. The monoisotopic (exact) mass is 206 g/mol. The number of nitrogens with two attached hydrogens (primary N) is 2. The molecule has 0 saturated carbocycles. The van der Waals surface area contributed by atoms with Crippen molar-refractivity contribution in [1.82, 2.24) is 0 Å². The predicted molar refractivity (Wildman–Crippen MR) is 65.9 cm³/mol. The maximum absolute atomic E-state index is 5.79. The van der Waals surface area contributed by atoms with Crippen LogP contribution in [0.25, 0.3) is 0 Å². The lowest BCUT2D eigenvalue weighted by molar-refractivity contribution is 0.329. The summed E-state index contributed by atoms with van der Waals surface area (Å²) >= 11 is 0. The van der Waals surface area contributed by atoms with Crippen LogP contribution in [0.3, 0.4) is 0 Å². The summed E-state index contributed by atoms with van der Waals surface area (Å²) < 4.78 is 0. The van der Waals surface area contributed by atoms with E-state index < -0.39 is 0 Å². The van der Waals surface area contributed by atoms with E-state index in [0.717, 1.165) is 0 Å². The molecule has 0 saturated heterocycles. The zero-order valence-corrected chi connectivity index (χ0v) is 9.96. The molecule has 0 aliphatic heterocycles. The minimum Gasteiger partial charge on any atom is -0.397 e. The molecule has 0 fully saturated rings. The van der Waals surface area contributed by atoms with Crippen molar-refractivity contribution in [3.8, 4) is 0 Å². The maximum atomic E-state index is 5.79. The maximum Gasteiger partial charge on any atom is 0.0544 e. The number of hydrogen-bond donors (Lipinski definition) is 2. The van der Waals surface area contributed by atoms with Crippen molar-refractivity contribution >= 4 is 0 Å². The van der Waals surface area contributed by atoms with Gasteiger partial charge in [-0.15, -0.1) is 0 Å². The minimum atomic E-state index is 0.0712. The van der Waals surface area contributed by atoms with Crippen LogP contribution < -0.4 is 11.5 Å². The van der Waals surface area contributed by atoms with Gasteiger partial charge in [-0.3, -0.25) is 0 Å². The first-order valence-electron chi connectivity index (χ1n) is 5.63. The van der Waals surface area contributed by atoms with Crippen molar-refractivity contribution in [3.63, 3.8) is 0 Å². The molecule has 4 N–H and O–H groups in total. The molecule has 0 bridgehead atoms. The van der Waals surface area contributed by atoms with Gasteiger partial charge < -0.3 is 11.5 Å². The fourth-order valence-electron chi connectivity index (χ4n) is 1.86. The van der Waals surface area contributed by atoms with Crippen LogP contribution in [0.15, 0.2) is 35.7 Å². The number of rotatable bonds is 3. The third-order valence-corrected chi connectivity index (χ3v) is 3.36. The summed E-state index contributed by atoms with van der Waals surface area (Å²) in [6.07, 6.45) is 10.6. The Hall–Kier alpha value is -1.18. The standard InChI is InChI=1S/C13H22N2/c1-4-5-10(2)13(3)8-6-11(14)12(15)7-9-13/h6-10H,4-5,14-15H2,1-3H3. The van der Waals surface area contributed by atoms with Crippen molar-refractivity contribution in [1.29, 1.82) is 0 Å². The first kappa shape index (κ1) is 11.9. The van der Waals surface area contributed by atoms with Crippen molar-refractivity contribution < 1.29 is 0 Å². The van der Waals surface area contributed by atoms with E-state index in [4.69, 9.17) is 11.5 Å². The second kappa shape index (κ2) is 4.56. The van der Waals surface area contributed by atoms with Gasteiger partial charge in [0.15, 0.2) is 0 Å². The molecule has 1 rings (SSSR count). The van der Waals surface area contributed by atoms with Crippen LogP contribution in [0.5, 0.6) is 0 Å². The predicted octanol–water partition coefficient (Wildman–Crippen LogP) is 2.68. The topological polar surface area (TPSA) is 52.0 Å². The fourth-order valence-corrected chi connectivity index (χ4v) is 1.86. The van der Waals surface area contributed by atoms with Gasteiger partial charge in [0.1, 0.15) is 0 Å². The zero-order valence-electron chi connectivity index (χ0n) is 9.96. The lowest BCUT2D eigenvalue weighted by atomic mass is 9.75. The molecular formula is C13H22N2. The molecule has 1 aliphatic carbocycles. The smallest absolute Gasteiger partial charge is 0.0544 e. The molecule has 1 unspecified atom stereocenters. The van der Waals surface area contributed by atoms with Crippen LogP contribution in [0.4, 0.5) is 0 Å². The van der Waals surface area contributed by atoms with Gasteiger partial charge in [-0.1, -0.05) is 39.3 Å². The Bertz CT molecular complexity index is 288. The molecule has 15 heavy (non-hydrogen) atoms. The van der Waals surface area contributed by atoms with Crippen LogP contribution in [-0.4, -0.2) is 0 Å². The summed E-state index contributed by atoms with van der Waals surface area (Å²) in [5, 5.41) is 0. The summed E-state index contributed by atoms with van der Waals surface area (Å²) in [7, 11) is 0.